The van der Waals surface area contributed by atoms with E-state index < -0.39 is 11.7 Å². The number of halogens is 3. The molecule has 10 heteroatoms. The summed E-state index contributed by atoms with van der Waals surface area (Å²) in [5.41, 5.74) is -0.476. The van der Waals surface area contributed by atoms with Gasteiger partial charge in [0.25, 0.3) is 0 Å². The van der Waals surface area contributed by atoms with Crippen LogP contribution in [0.3, 0.4) is 0 Å². The van der Waals surface area contributed by atoms with Gasteiger partial charge >= 0.3 is 6.18 Å². The Balaban J connectivity index is 1.65. The van der Waals surface area contributed by atoms with Crippen LogP contribution in [0.25, 0.3) is 11.6 Å². The lowest BCUT2D eigenvalue weighted by Gasteiger charge is -2.12. The van der Waals surface area contributed by atoms with Crippen LogP contribution in [0.2, 0.25) is 0 Å². The molecule has 6 nitrogen and oxygen atoms in total. The first-order chi connectivity index (χ1) is 13.3. The van der Waals surface area contributed by atoms with Crippen molar-refractivity contribution in [3.63, 3.8) is 0 Å². The zero-order valence-electron chi connectivity index (χ0n) is 15.0. The van der Waals surface area contributed by atoms with Crippen molar-refractivity contribution < 1.29 is 22.4 Å². The third-order valence-electron chi connectivity index (χ3n) is 3.75. The van der Waals surface area contributed by atoms with Gasteiger partial charge in [0.2, 0.25) is 11.7 Å². The molecular weight excluding hydrogens is 393 g/mol. The van der Waals surface area contributed by atoms with Crippen molar-refractivity contribution in [3.8, 4) is 11.6 Å². The van der Waals surface area contributed by atoms with Gasteiger partial charge in [-0.25, -0.2) is 0 Å². The number of nitrogens with zero attached hydrogens (tertiary/aromatic N) is 3. The van der Waals surface area contributed by atoms with Crippen molar-refractivity contribution in [1.82, 2.24) is 14.8 Å². The van der Waals surface area contributed by atoms with Gasteiger partial charge in [-0.1, -0.05) is 11.8 Å². The van der Waals surface area contributed by atoms with Crippen LogP contribution in [0.5, 0.6) is 0 Å². The summed E-state index contributed by atoms with van der Waals surface area (Å²) in [5, 5.41) is 11.4. The van der Waals surface area contributed by atoms with E-state index in [9.17, 15) is 18.0 Å². The summed E-state index contributed by atoms with van der Waals surface area (Å²) in [6.07, 6.45) is -2.87. The van der Waals surface area contributed by atoms with Gasteiger partial charge in [0, 0.05) is 11.7 Å². The number of hydrogen-bond acceptors (Lipinski definition) is 5. The first-order valence-electron chi connectivity index (χ1n) is 8.34. The molecule has 0 aliphatic carbocycles. The second-order valence-electron chi connectivity index (χ2n) is 6.16. The lowest BCUT2D eigenvalue weighted by molar-refractivity contribution is -0.137. The Labute approximate surface area is 163 Å². The fourth-order valence-electron chi connectivity index (χ4n) is 2.48. The summed E-state index contributed by atoms with van der Waals surface area (Å²) in [4.78, 5) is 12.2. The molecule has 0 saturated carbocycles. The highest BCUT2D eigenvalue weighted by Crippen LogP contribution is 2.30. The van der Waals surface area contributed by atoms with Crippen LogP contribution >= 0.6 is 11.8 Å². The molecule has 0 saturated heterocycles. The van der Waals surface area contributed by atoms with Crippen LogP contribution in [0.4, 0.5) is 18.9 Å². The normalized spacial score (nSPS) is 11.8. The molecule has 2 aromatic heterocycles. The number of aromatic nitrogens is 3. The van der Waals surface area contributed by atoms with E-state index in [-0.39, 0.29) is 17.7 Å². The molecule has 0 spiro atoms. The summed E-state index contributed by atoms with van der Waals surface area (Å²) in [5.74, 6) is 0.805. The van der Waals surface area contributed by atoms with Crippen molar-refractivity contribution in [2.75, 3.05) is 11.1 Å². The standard InChI is InChI=1S/C18H17F3N4O2S/c1-11(2)25-16(14-4-3-9-27-14)23-24-17(25)28-10-15(26)22-13-7-5-12(6-8-13)18(19,20)21/h3-9,11H,10H2,1-2H3,(H,22,26). The summed E-state index contributed by atoms with van der Waals surface area (Å²) in [6, 6.07) is 7.85. The van der Waals surface area contributed by atoms with Crippen LogP contribution in [-0.2, 0) is 11.0 Å². The molecule has 0 radical (unpaired) electrons. The number of hydrogen-bond donors (Lipinski definition) is 1. The van der Waals surface area contributed by atoms with Crippen molar-refractivity contribution in [2.24, 2.45) is 0 Å². The van der Waals surface area contributed by atoms with Crippen molar-refractivity contribution >= 4 is 23.4 Å². The molecule has 28 heavy (non-hydrogen) atoms. The minimum atomic E-state index is -4.41. The predicted octanol–water partition coefficient (Wildman–Crippen LogP) is 4.87. The van der Waals surface area contributed by atoms with E-state index in [4.69, 9.17) is 4.42 Å². The van der Waals surface area contributed by atoms with E-state index in [1.807, 2.05) is 18.4 Å². The predicted molar refractivity (Wildman–Crippen MR) is 98.9 cm³/mol. The number of carbonyl (C=O) groups is 1. The summed E-state index contributed by atoms with van der Waals surface area (Å²) >= 11 is 1.18. The second kappa shape index (κ2) is 8.09. The number of benzene rings is 1. The molecule has 2 heterocycles. The monoisotopic (exact) mass is 410 g/mol. The first kappa shape index (κ1) is 20.0. The number of alkyl halides is 3. The first-order valence-corrected chi connectivity index (χ1v) is 9.33. The highest BCUT2D eigenvalue weighted by molar-refractivity contribution is 7.99. The average molecular weight is 410 g/mol. The van der Waals surface area contributed by atoms with Crippen LogP contribution < -0.4 is 5.32 Å². The summed E-state index contributed by atoms with van der Waals surface area (Å²) in [6.45, 7) is 3.92. The van der Waals surface area contributed by atoms with E-state index >= 15 is 0 Å². The number of anilines is 1. The fraction of sp³-hybridized carbons (Fsp3) is 0.278. The molecule has 0 atom stereocenters. The SMILES string of the molecule is CC(C)n1c(SCC(=O)Nc2ccc(C(F)(F)F)cc2)nnc1-c1ccco1. The van der Waals surface area contributed by atoms with E-state index in [0.717, 1.165) is 12.1 Å². The molecule has 0 aliphatic heterocycles. The van der Waals surface area contributed by atoms with Crippen molar-refractivity contribution in [1.29, 1.82) is 0 Å². The topological polar surface area (TPSA) is 73.0 Å². The van der Waals surface area contributed by atoms with Gasteiger partial charge in [-0.05, 0) is 50.2 Å². The number of carbonyl (C=O) groups excluding carboxylic acids is 1. The highest BCUT2D eigenvalue weighted by atomic mass is 32.2. The van der Waals surface area contributed by atoms with E-state index in [0.29, 0.717) is 22.4 Å². The highest BCUT2D eigenvalue weighted by Gasteiger charge is 2.30. The largest absolute Gasteiger partial charge is 0.461 e. The van der Waals surface area contributed by atoms with E-state index in [1.54, 1.807) is 18.4 Å². The van der Waals surface area contributed by atoms with Crippen molar-refractivity contribution in [3.05, 3.63) is 48.2 Å². The second-order valence-corrected chi connectivity index (χ2v) is 7.10. The van der Waals surface area contributed by atoms with Crippen LogP contribution in [0, 0.1) is 0 Å². The average Bonchev–Trinajstić information content (AvgIpc) is 3.29. The Bertz CT molecular complexity index is 935. The summed E-state index contributed by atoms with van der Waals surface area (Å²) < 4.78 is 45.0. The maximum absolute atomic E-state index is 12.6. The molecule has 1 amide bonds. The lowest BCUT2D eigenvalue weighted by atomic mass is 10.2. The van der Waals surface area contributed by atoms with Gasteiger partial charge in [-0.3, -0.25) is 9.36 Å². The number of thioether (sulfide) groups is 1. The van der Waals surface area contributed by atoms with Gasteiger partial charge in [0.05, 0.1) is 17.6 Å². The number of nitrogens with one attached hydrogen (secondary N) is 1. The molecule has 1 N–H and O–H groups in total. The maximum Gasteiger partial charge on any atom is 0.416 e. The zero-order valence-corrected chi connectivity index (χ0v) is 15.8. The lowest BCUT2D eigenvalue weighted by Crippen LogP contribution is -2.15. The molecule has 3 aromatic rings. The van der Waals surface area contributed by atoms with Gasteiger partial charge < -0.3 is 9.73 Å². The van der Waals surface area contributed by atoms with Gasteiger partial charge in [-0.2, -0.15) is 13.2 Å². The van der Waals surface area contributed by atoms with Crippen LogP contribution in [-0.4, -0.2) is 26.4 Å². The molecule has 0 bridgehead atoms. The van der Waals surface area contributed by atoms with Crippen LogP contribution in [0.1, 0.15) is 25.5 Å². The maximum atomic E-state index is 12.6. The minimum Gasteiger partial charge on any atom is -0.461 e. The molecule has 0 aliphatic rings. The Hall–Kier alpha value is -2.75. The van der Waals surface area contributed by atoms with E-state index in [2.05, 4.69) is 15.5 Å². The quantitative estimate of drug-likeness (QED) is 0.587. The van der Waals surface area contributed by atoms with Gasteiger partial charge in [0.1, 0.15) is 0 Å². The molecule has 148 valence electrons. The number of furan rings is 1. The smallest absolute Gasteiger partial charge is 0.416 e. The molecular formula is C18H17F3N4O2S. The Morgan fingerprint density at radius 1 is 1.21 bits per heavy atom. The number of rotatable bonds is 6. The third kappa shape index (κ3) is 4.56. The Morgan fingerprint density at radius 2 is 1.93 bits per heavy atom. The molecule has 0 unspecified atom stereocenters. The van der Waals surface area contributed by atoms with Gasteiger partial charge in [0.15, 0.2) is 10.9 Å². The number of amides is 1. The minimum absolute atomic E-state index is 0.0318. The Morgan fingerprint density at radius 3 is 2.50 bits per heavy atom. The Kier molecular flexibility index (Phi) is 5.78. The molecule has 3 rings (SSSR count). The zero-order chi connectivity index (χ0) is 20.3. The van der Waals surface area contributed by atoms with Gasteiger partial charge in [-0.15, -0.1) is 10.2 Å². The third-order valence-corrected chi connectivity index (χ3v) is 4.69. The fourth-order valence-corrected chi connectivity index (χ4v) is 3.35. The van der Waals surface area contributed by atoms with Crippen LogP contribution in [0.15, 0.2) is 52.2 Å². The molecule has 1 aromatic carbocycles. The molecule has 0 fully saturated rings. The van der Waals surface area contributed by atoms with E-state index in [1.165, 1.54) is 23.9 Å². The van der Waals surface area contributed by atoms with Crippen molar-refractivity contribution in [2.45, 2.75) is 31.2 Å². The summed E-state index contributed by atoms with van der Waals surface area (Å²) in [7, 11) is 0.